The molecule has 5 atom stereocenters. The number of amides is 4. The number of carboxylic acids is 1. The SMILES string of the molecule is CSCCC(NC(=O)C(NC(=O)C1CCCN1C(=O)C(N)CC(N)=O)C(C)O)C(=O)O. The topological polar surface area (TPSA) is 205 Å². The van der Waals surface area contributed by atoms with Crippen molar-refractivity contribution in [2.75, 3.05) is 18.6 Å². The van der Waals surface area contributed by atoms with Crippen LogP contribution in [0.15, 0.2) is 0 Å². The molecule has 1 heterocycles. The molecule has 0 bridgehead atoms. The number of nitrogens with one attached hydrogen (secondary N) is 2. The number of aliphatic hydroxyl groups is 1. The molecular formula is C18H31N5O7S. The minimum absolute atomic E-state index is 0.172. The number of nitrogens with zero attached hydrogens (tertiary/aromatic N) is 1. The average Bonchev–Trinajstić information content (AvgIpc) is 3.17. The summed E-state index contributed by atoms with van der Waals surface area (Å²) in [6.45, 7) is 1.52. The molecule has 0 aromatic heterocycles. The normalized spacial score (nSPS) is 19.7. The number of primary amides is 1. The Labute approximate surface area is 184 Å². The first kappa shape index (κ1) is 26.7. The van der Waals surface area contributed by atoms with E-state index in [-0.39, 0.29) is 19.4 Å². The Kier molecular flexibility index (Phi) is 10.7. The lowest BCUT2D eigenvalue weighted by Gasteiger charge is -2.29. The molecule has 1 rings (SSSR count). The fourth-order valence-corrected chi connectivity index (χ4v) is 3.70. The van der Waals surface area contributed by atoms with Crippen molar-refractivity contribution in [3.63, 3.8) is 0 Å². The maximum absolute atomic E-state index is 12.8. The number of likely N-dealkylation sites (tertiary alicyclic amines) is 1. The highest BCUT2D eigenvalue weighted by Crippen LogP contribution is 2.19. The molecule has 0 aromatic rings. The highest BCUT2D eigenvalue weighted by molar-refractivity contribution is 7.98. The van der Waals surface area contributed by atoms with Gasteiger partial charge in [-0.1, -0.05) is 0 Å². The highest BCUT2D eigenvalue weighted by Gasteiger charge is 2.39. The first-order valence-corrected chi connectivity index (χ1v) is 11.2. The Hall–Kier alpha value is -2.38. The van der Waals surface area contributed by atoms with E-state index in [1.807, 2.05) is 0 Å². The molecule has 0 radical (unpaired) electrons. The number of nitrogens with two attached hydrogens (primary N) is 2. The number of hydrogen-bond acceptors (Lipinski definition) is 8. The van der Waals surface area contributed by atoms with Crippen molar-refractivity contribution in [3.8, 4) is 0 Å². The van der Waals surface area contributed by atoms with E-state index in [0.717, 1.165) is 0 Å². The molecule has 1 saturated heterocycles. The molecular weight excluding hydrogens is 430 g/mol. The van der Waals surface area contributed by atoms with Gasteiger partial charge in [-0.15, -0.1) is 0 Å². The van der Waals surface area contributed by atoms with Crippen LogP contribution in [0.1, 0.15) is 32.6 Å². The van der Waals surface area contributed by atoms with Crippen LogP contribution in [0.25, 0.3) is 0 Å². The largest absolute Gasteiger partial charge is 0.480 e. The van der Waals surface area contributed by atoms with Gasteiger partial charge in [-0.25, -0.2) is 4.79 Å². The van der Waals surface area contributed by atoms with E-state index >= 15 is 0 Å². The molecule has 0 spiro atoms. The van der Waals surface area contributed by atoms with Gasteiger partial charge in [0.25, 0.3) is 0 Å². The summed E-state index contributed by atoms with van der Waals surface area (Å²) in [5.74, 6) is -3.63. The summed E-state index contributed by atoms with van der Waals surface area (Å²) in [4.78, 5) is 61.4. The van der Waals surface area contributed by atoms with Gasteiger partial charge in [-0.2, -0.15) is 11.8 Å². The third-order valence-electron chi connectivity index (χ3n) is 4.86. The van der Waals surface area contributed by atoms with E-state index in [0.29, 0.717) is 18.6 Å². The van der Waals surface area contributed by atoms with Gasteiger partial charge in [0.15, 0.2) is 0 Å². The second-order valence-corrected chi connectivity index (χ2v) is 8.36. The van der Waals surface area contributed by atoms with Crippen LogP contribution in [-0.2, 0) is 24.0 Å². The van der Waals surface area contributed by atoms with E-state index in [2.05, 4.69) is 10.6 Å². The third kappa shape index (κ3) is 7.99. The van der Waals surface area contributed by atoms with Gasteiger partial charge < -0.3 is 37.2 Å². The second kappa shape index (κ2) is 12.5. The predicted octanol–water partition coefficient (Wildman–Crippen LogP) is -2.63. The fourth-order valence-electron chi connectivity index (χ4n) is 3.23. The molecule has 1 aliphatic heterocycles. The minimum Gasteiger partial charge on any atom is -0.480 e. The Morgan fingerprint density at radius 3 is 2.39 bits per heavy atom. The van der Waals surface area contributed by atoms with Gasteiger partial charge in [0.05, 0.1) is 18.6 Å². The van der Waals surface area contributed by atoms with E-state index in [1.165, 1.54) is 23.6 Å². The Morgan fingerprint density at radius 1 is 1.23 bits per heavy atom. The van der Waals surface area contributed by atoms with Gasteiger partial charge in [-0.05, 0) is 38.2 Å². The monoisotopic (exact) mass is 461 g/mol. The van der Waals surface area contributed by atoms with Gasteiger partial charge in [0, 0.05) is 6.54 Å². The van der Waals surface area contributed by atoms with Crippen LogP contribution < -0.4 is 22.1 Å². The summed E-state index contributed by atoms with van der Waals surface area (Å²) >= 11 is 1.42. The van der Waals surface area contributed by atoms with Crippen molar-refractivity contribution < 1.29 is 34.2 Å². The summed E-state index contributed by atoms with van der Waals surface area (Å²) in [5.41, 5.74) is 10.8. The van der Waals surface area contributed by atoms with Crippen LogP contribution >= 0.6 is 11.8 Å². The van der Waals surface area contributed by atoms with Crippen molar-refractivity contribution in [2.45, 2.75) is 62.9 Å². The summed E-state index contributed by atoms with van der Waals surface area (Å²) in [5, 5.41) is 24.0. The van der Waals surface area contributed by atoms with Crippen molar-refractivity contribution in [2.24, 2.45) is 11.5 Å². The quantitative estimate of drug-likeness (QED) is 0.179. The smallest absolute Gasteiger partial charge is 0.326 e. The van der Waals surface area contributed by atoms with Crippen LogP contribution in [0.2, 0.25) is 0 Å². The number of rotatable bonds is 12. The van der Waals surface area contributed by atoms with Gasteiger partial charge in [0.2, 0.25) is 23.6 Å². The summed E-state index contributed by atoms with van der Waals surface area (Å²) in [6, 6.07) is -4.71. The second-order valence-electron chi connectivity index (χ2n) is 7.37. The number of aliphatic carboxylic acids is 1. The fraction of sp³-hybridized carbons (Fsp3) is 0.722. The van der Waals surface area contributed by atoms with E-state index < -0.39 is 59.9 Å². The van der Waals surface area contributed by atoms with Crippen LogP contribution in [0.4, 0.5) is 0 Å². The van der Waals surface area contributed by atoms with E-state index in [4.69, 9.17) is 11.5 Å². The van der Waals surface area contributed by atoms with Crippen molar-refractivity contribution >= 4 is 41.4 Å². The van der Waals surface area contributed by atoms with Crippen LogP contribution in [0.3, 0.4) is 0 Å². The van der Waals surface area contributed by atoms with Crippen LogP contribution in [0, 0.1) is 0 Å². The first-order chi connectivity index (χ1) is 14.5. The van der Waals surface area contributed by atoms with Crippen LogP contribution in [-0.4, -0.2) is 93.5 Å². The van der Waals surface area contributed by atoms with Crippen molar-refractivity contribution in [1.82, 2.24) is 15.5 Å². The molecule has 31 heavy (non-hydrogen) atoms. The summed E-state index contributed by atoms with van der Waals surface area (Å²) < 4.78 is 0. The van der Waals surface area contributed by atoms with E-state index in [9.17, 15) is 34.2 Å². The minimum atomic E-state index is -1.42. The molecule has 0 saturated carbocycles. The summed E-state index contributed by atoms with van der Waals surface area (Å²) in [6.07, 6.45) is 1.10. The zero-order valence-corrected chi connectivity index (χ0v) is 18.4. The molecule has 176 valence electrons. The molecule has 0 aromatic carbocycles. The molecule has 5 unspecified atom stereocenters. The van der Waals surface area contributed by atoms with Gasteiger partial charge in [-0.3, -0.25) is 19.2 Å². The maximum Gasteiger partial charge on any atom is 0.326 e. The molecule has 8 N–H and O–H groups in total. The highest BCUT2D eigenvalue weighted by atomic mass is 32.2. The lowest BCUT2D eigenvalue weighted by molar-refractivity contribution is -0.144. The predicted molar refractivity (Wildman–Crippen MR) is 113 cm³/mol. The number of carbonyl (C=O) groups excluding carboxylic acids is 4. The maximum atomic E-state index is 12.8. The Bertz CT molecular complexity index is 690. The van der Waals surface area contributed by atoms with E-state index in [1.54, 1.807) is 6.26 Å². The van der Waals surface area contributed by atoms with Gasteiger partial charge >= 0.3 is 5.97 Å². The Balaban J connectivity index is 2.86. The molecule has 13 heteroatoms. The lowest BCUT2D eigenvalue weighted by atomic mass is 10.1. The molecule has 1 aliphatic rings. The number of hydrogen-bond donors (Lipinski definition) is 6. The van der Waals surface area contributed by atoms with Gasteiger partial charge in [0.1, 0.15) is 18.1 Å². The number of thioether (sulfide) groups is 1. The molecule has 1 fully saturated rings. The zero-order chi connectivity index (χ0) is 23.7. The molecule has 12 nitrogen and oxygen atoms in total. The summed E-state index contributed by atoms with van der Waals surface area (Å²) in [7, 11) is 0. The molecule has 0 aliphatic carbocycles. The number of carboxylic acid groups (broad SMARTS) is 1. The average molecular weight is 462 g/mol. The Morgan fingerprint density at radius 2 is 1.87 bits per heavy atom. The van der Waals surface area contributed by atoms with Crippen molar-refractivity contribution in [3.05, 3.63) is 0 Å². The van der Waals surface area contributed by atoms with Crippen molar-refractivity contribution in [1.29, 1.82) is 0 Å². The lowest BCUT2D eigenvalue weighted by Crippen LogP contribution is -2.59. The first-order valence-electron chi connectivity index (χ1n) is 9.84. The zero-order valence-electron chi connectivity index (χ0n) is 17.6. The standard InChI is InChI=1S/C18H31N5O7S/c1-9(24)14(16(27)21-11(18(29)30)5-7-31-2)22-15(26)12-4-3-6-23(12)17(28)10(19)8-13(20)25/h9-12,14,24H,3-8,19H2,1-2H3,(H2,20,25)(H,21,27)(H,22,26)(H,29,30). The third-order valence-corrected chi connectivity index (χ3v) is 5.51. The number of aliphatic hydroxyl groups excluding tert-OH is 1. The number of carbonyl (C=O) groups is 5. The molecule has 4 amide bonds. The van der Waals surface area contributed by atoms with Crippen LogP contribution in [0.5, 0.6) is 0 Å².